The summed E-state index contributed by atoms with van der Waals surface area (Å²) in [4.78, 5) is 21.0. The third-order valence-corrected chi connectivity index (χ3v) is 0.274. The van der Waals surface area contributed by atoms with Crippen LogP contribution in [-0.2, 0) is 4.89 Å². The fraction of sp³-hybridized carbons (Fsp3) is 0.667. The second-order valence-electron chi connectivity index (χ2n) is 2.77. The van der Waals surface area contributed by atoms with Crippen LogP contribution in [0.25, 0.3) is 0 Å². The normalized spacial score (nSPS) is 8.57. The lowest BCUT2D eigenvalue weighted by molar-refractivity contribution is -0.306. The van der Waals surface area contributed by atoms with E-state index in [1.54, 1.807) is 20.8 Å². The molecule has 8 heteroatoms. The zero-order chi connectivity index (χ0) is 12.4. The van der Waals surface area contributed by atoms with Crippen LogP contribution >= 0.6 is 0 Å². The predicted molar refractivity (Wildman–Crippen MR) is 44.8 cm³/mol. The van der Waals surface area contributed by atoms with Gasteiger partial charge in [-0.2, -0.15) is 0 Å². The molecule has 0 bridgehead atoms. The molecule has 14 heavy (non-hydrogen) atoms. The van der Waals surface area contributed by atoms with Crippen LogP contribution in [0.2, 0.25) is 0 Å². The smallest absolute Gasteiger partial charge is 0.450 e. The highest BCUT2D eigenvalue weighted by molar-refractivity contribution is 5.53. The third kappa shape index (κ3) is 439. The van der Waals surface area contributed by atoms with Crippen molar-refractivity contribution in [2.45, 2.75) is 26.4 Å². The number of carbonyl (C=O) groups is 2. The van der Waals surface area contributed by atoms with E-state index in [0.29, 0.717) is 0 Å². The molecule has 8 nitrogen and oxygen atoms in total. The molecule has 0 aromatic heterocycles. The Morgan fingerprint density at radius 2 is 1.00 bits per heavy atom. The van der Waals surface area contributed by atoms with Crippen molar-refractivity contribution in [3.63, 3.8) is 0 Å². The van der Waals surface area contributed by atoms with Gasteiger partial charge in [-0.25, -0.2) is 14.5 Å². The number of hydrogen-bond acceptors (Lipinski definition) is 4. The van der Waals surface area contributed by atoms with Crippen molar-refractivity contribution in [3.05, 3.63) is 0 Å². The summed E-state index contributed by atoms with van der Waals surface area (Å²) in [7, 11) is 0. The second-order valence-corrected chi connectivity index (χ2v) is 2.77. The van der Waals surface area contributed by atoms with Crippen molar-refractivity contribution in [2.75, 3.05) is 0 Å². The van der Waals surface area contributed by atoms with Gasteiger partial charge in [-0.15, -0.1) is 0 Å². The first-order valence-corrected chi connectivity index (χ1v) is 3.19. The van der Waals surface area contributed by atoms with Crippen LogP contribution in [-0.4, -0.2) is 43.6 Å². The Morgan fingerprint density at radius 3 is 1.00 bits per heavy atom. The van der Waals surface area contributed by atoms with Gasteiger partial charge in [0.25, 0.3) is 0 Å². The Morgan fingerprint density at radius 1 is 0.929 bits per heavy atom. The van der Waals surface area contributed by atoms with Crippen LogP contribution in [0.15, 0.2) is 0 Å². The summed E-state index contributed by atoms with van der Waals surface area (Å²) in [6, 6.07) is 0. The molecule has 0 rings (SSSR count). The highest BCUT2D eigenvalue weighted by Gasteiger charge is 2.06. The summed E-state index contributed by atoms with van der Waals surface area (Å²) in [6.07, 6.45) is -3.67. The standard InChI is InChI=1S/C4H10O2.2CH2O3/c1-4(2,3)6-5;2*2-1(3)4/h5H,1-3H3;2*(H2,2,3,4). The molecule has 0 aromatic rings. The molecule has 5 N–H and O–H groups in total. The highest BCUT2D eigenvalue weighted by atomic mass is 17.1. The van der Waals surface area contributed by atoms with Crippen LogP contribution in [0.4, 0.5) is 9.59 Å². The summed E-state index contributed by atoms with van der Waals surface area (Å²) >= 11 is 0. The summed E-state index contributed by atoms with van der Waals surface area (Å²) in [5, 5.41) is 35.8. The molecule has 0 aromatic carbocycles. The van der Waals surface area contributed by atoms with E-state index in [2.05, 4.69) is 4.89 Å². The van der Waals surface area contributed by atoms with Gasteiger partial charge in [-0.3, -0.25) is 5.26 Å². The molecule has 0 atom stereocenters. The van der Waals surface area contributed by atoms with Crippen LogP contribution in [0.3, 0.4) is 0 Å². The van der Waals surface area contributed by atoms with Gasteiger partial charge >= 0.3 is 12.3 Å². The average Bonchev–Trinajstić information content (AvgIpc) is 1.83. The van der Waals surface area contributed by atoms with Crippen molar-refractivity contribution in [2.24, 2.45) is 0 Å². The zero-order valence-electron chi connectivity index (χ0n) is 7.96. The maximum Gasteiger partial charge on any atom is 0.503 e. The molecule has 0 fully saturated rings. The fourth-order valence-electron chi connectivity index (χ4n) is 0. The first-order chi connectivity index (χ1) is 6.02. The van der Waals surface area contributed by atoms with Crippen LogP contribution in [0.5, 0.6) is 0 Å². The molecular formula is C6H14O8. The van der Waals surface area contributed by atoms with Gasteiger partial charge in [0.15, 0.2) is 0 Å². The lowest BCUT2D eigenvalue weighted by Gasteiger charge is -2.10. The van der Waals surface area contributed by atoms with Crippen molar-refractivity contribution in [1.29, 1.82) is 0 Å². The number of hydrogen-bond donors (Lipinski definition) is 5. The van der Waals surface area contributed by atoms with Gasteiger partial charge < -0.3 is 20.4 Å². The average molecular weight is 214 g/mol. The molecular weight excluding hydrogens is 200 g/mol. The maximum atomic E-state index is 8.56. The van der Waals surface area contributed by atoms with Crippen LogP contribution in [0.1, 0.15) is 20.8 Å². The molecule has 86 valence electrons. The summed E-state index contributed by atoms with van der Waals surface area (Å²) in [5.41, 5.74) is -0.403. The molecule has 0 aliphatic rings. The van der Waals surface area contributed by atoms with E-state index in [1.165, 1.54) is 0 Å². The van der Waals surface area contributed by atoms with Crippen molar-refractivity contribution < 1.29 is 40.2 Å². The molecule has 0 heterocycles. The molecule has 0 aliphatic heterocycles. The SMILES string of the molecule is CC(C)(C)OO.O=C(O)O.O=C(O)O. The minimum Gasteiger partial charge on any atom is -0.450 e. The van der Waals surface area contributed by atoms with E-state index in [1.807, 2.05) is 0 Å². The zero-order valence-corrected chi connectivity index (χ0v) is 7.96. The van der Waals surface area contributed by atoms with Crippen LogP contribution < -0.4 is 0 Å². The minimum atomic E-state index is -1.83. The molecule has 0 aliphatic carbocycles. The lowest BCUT2D eigenvalue weighted by Crippen LogP contribution is -2.15. The Hall–Kier alpha value is -1.54. The summed E-state index contributed by atoms with van der Waals surface area (Å²) in [5.74, 6) is 0. The minimum absolute atomic E-state index is 0.403. The second kappa shape index (κ2) is 9.55. The lowest BCUT2D eigenvalue weighted by atomic mass is 10.2. The third-order valence-electron chi connectivity index (χ3n) is 0.274. The highest BCUT2D eigenvalue weighted by Crippen LogP contribution is 2.01. The quantitative estimate of drug-likeness (QED) is 0.302. The van der Waals surface area contributed by atoms with Gasteiger partial charge in [-0.1, -0.05) is 0 Å². The topological polar surface area (TPSA) is 145 Å². The van der Waals surface area contributed by atoms with Gasteiger partial charge in [0, 0.05) is 0 Å². The van der Waals surface area contributed by atoms with E-state index in [0.717, 1.165) is 0 Å². The molecule has 0 saturated carbocycles. The van der Waals surface area contributed by atoms with Crippen molar-refractivity contribution in [1.82, 2.24) is 0 Å². The molecule has 0 saturated heterocycles. The van der Waals surface area contributed by atoms with E-state index in [9.17, 15) is 0 Å². The molecule has 0 spiro atoms. The van der Waals surface area contributed by atoms with Gasteiger partial charge in [0.1, 0.15) is 0 Å². The molecule has 0 unspecified atom stereocenters. The summed E-state index contributed by atoms with van der Waals surface area (Å²) < 4.78 is 0. The van der Waals surface area contributed by atoms with Gasteiger partial charge in [0.2, 0.25) is 0 Å². The predicted octanol–water partition coefficient (Wildman–Crippen LogP) is 1.72. The Bertz CT molecular complexity index is 138. The number of rotatable bonds is 0. The van der Waals surface area contributed by atoms with Gasteiger partial charge in [-0.05, 0) is 20.8 Å². The van der Waals surface area contributed by atoms with Crippen LogP contribution in [0, 0.1) is 0 Å². The molecule has 0 amide bonds. The van der Waals surface area contributed by atoms with E-state index >= 15 is 0 Å². The van der Waals surface area contributed by atoms with E-state index < -0.39 is 17.9 Å². The van der Waals surface area contributed by atoms with Gasteiger partial charge in [0.05, 0.1) is 5.60 Å². The fourth-order valence-corrected chi connectivity index (χ4v) is 0. The Kier molecular flexibility index (Phi) is 12.5. The largest absolute Gasteiger partial charge is 0.503 e. The monoisotopic (exact) mass is 214 g/mol. The first kappa shape index (κ1) is 18.3. The summed E-state index contributed by atoms with van der Waals surface area (Å²) in [6.45, 7) is 5.31. The maximum absolute atomic E-state index is 8.56. The van der Waals surface area contributed by atoms with Crippen molar-refractivity contribution >= 4 is 12.3 Å². The Labute approximate surface area is 79.9 Å². The first-order valence-electron chi connectivity index (χ1n) is 3.19. The Balaban J connectivity index is -0.000000135. The molecule has 0 radical (unpaired) electrons. The van der Waals surface area contributed by atoms with E-state index in [4.69, 9.17) is 35.3 Å². The number of carboxylic acid groups (broad SMARTS) is 4. The van der Waals surface area contributed by atoms with Crippen molar-refractivity contribution in [3.8, 4) is 0 Å². The van der Waals surface area contributed by atoms with E-state index in [-0.39, 0.29) is 0 Å².